The molecule has 1 aromatic rings. The van der Waals surface area contributed by atoms with Crippen LogP contribution in [0, 0.1) is 5.92 Å². The maximum Gasteiger partial charge on any atom is 0.253 e. The number of carbonyl (C=O) groups excluding carboxylic acids is 1. The number of carbonyl (C=O) groups is 1. The molecular formula is C12H17BrN2O2. The first-order valence-electron chi connectivity index (χ1n) is 5.48. The second-order valence-corrected chi connectivity index (χ2v) is 4.97. The van der Waals surface area contributed by atoms with Crippen LogP contribution in [0.5, 0.6) is 0 Å². The van der Waals surface area contributed by atoms with Crippen LogP contribution in [-0.4, -0.2) is 24.2 Å². The summed E-state index contributed by atoms with van der Waals surface area (Å²) in [4.78, 5) is 11.9. The van der Waals surface area contributed by atoms with E-state index < -0.39 is 0 Å². The first-order chi connectivity index (χ1) is 8.04. The van der Waals surface area contributed by atoms with Crippen molar-refractivity contribution in [3.63, 3.8) is 0 Å². The summed E-state index contributed by atoms with van der Waals surface area (Å²) >= 11 is 3.30. The highest BCUT2D eigenvalue weighted by molar-refractivity contribution is 9.10. The Morgan fingerprint density at radius 1 is 1.59 bits per heavy atom. The Bertz CT molecular complexity index is 396. The van der Waals surface area contributed by atoms with Gasteiger partial charge in [-0.25, -0.2) is 0 Å². The van der Waals surface area contributed by atoms with Gasteiger partial charge in [-0.05, 0) is 30.5 Å². The number of aliphatic hydroxyl groups is 1. The molecule has 0 heterocycles. The van der Waals surface area contributed by atoms with Crippen LogP contribution in [0.25, 0.3) is 0 Å². The molecule has 4 N–H and O–H groups in total. The summed E-state index contributed by atoms with van der Waals surface area (Å²) in [6, 6.07) is 5.18. The largest absolute Gasteiger partial charge is 0.398 e. The minimum Gasteiger partial charge on any atom is -0.398 e. The SMILES string of the molecule is CC(CCO)CNC(=O)c1cc(Br)ccc1N. The summed E-state index contributed by atoms with van der Waals surface area (Å²) in [6.45, 7) is 2.64. The first kappa shape index (κ1) is 14.0. The van der Waals surface area contributed by atoms with E-state index in [1.165, 1.54) is 0 Å². The molecule has 1 aromatic carbocycles. The van der Waals surface area contributed by atoms with Gasteiger partial charge in [-0.1, -0.05) is 22.9 Å². The van der Waals surface area contributed by atoms with E-state index >= 15 is 0 Å². The number of rotatable bonds is 5. The van der Waals surface area contributed by atoms with Crippen molar-refractivity contribution in [3.05, 3.63) is 28.2 Å². The van der Waals surface area contributed by atoms with Gasteiger partial charge >= 0.3 is 0 Å². The van der Waals surface area contributed by atoms with Crippen LogP contribution in [0.3, 0.4) is 0 Å². The van der Waals surface area contributed by atoms with Gasteiger partial charge in [0, 0.05) is 23.3 Å². The molecule has 0 spiro atoms. The highest BCUT2D eigenvalue weighted by Gasteiger charge is 2.11. The van der Waals surface area contributed by atoms with E-state index in [-0.39, 0.29) is 18.4 Å². The molecule has 0 saturated carbocycles. The zero-order valence-electron chi connectivity index (χ0n) is 9.74. The molecule has 94 valence electrons. The summed E-state index contributed by atoms with van der Waals surface area (Å²) < 4.78 is 0.820. The van der Waals surface area contributed by atoms with Crippen LogP contribution in [0.2, 0.25) is 0 Å². The number of hydrogen-bond donors (Lipinski definition) is 3. The predicted molar refractivity (Wildman–Crippen MR) is 71.8 cm³/mol. The number of nitrogens with two attached hydrogens (primary N) is 1. The molecular weight excluding hydrogens is 284 g/mol. The Balaban J connectivity index is 2.61. The fourth-order valence-electron chi connectivity index (χ4n) is 1.41. The summed E-state index contributed by atoms with van der Waals surface area (Å²) in [5.74, 6) is 0.0610. The van der Waals surface area contributed by atoms with E-state index in [1.807, 2.05) is 6.92 Å². The maximum absolute atomic E-state index is 11.9. The van der Waals surface area contributed by atoms with Crippen molar-refractivity contribution in [2.45, 2.75) is 13.3 Å². The lowest BCUT2D eigenvalue weighted by Crippen LogP contribution is -2.29. The van der Waals surface area contributed by atoms with Crippen molar-refractivity contribution in [1.29, 1.82) is 0 Å². The van der Waals surface area contributed by atoms with E-state index in [0.29, 0.717) is 24.2 Å². The van der Waals surface area contributed by atoms with Crippen LogP contribution >= 0.6 is 15.9 Å². The summed E-state index contributed by atoms with van der Waals surface area (Å²) in [5, 5.41) is 11.6. The van der Waals surface area contributed by atoms with Crippen LogP contribution in [0.15, 0.2) is 22.7 Å². The Kier molecular flexibility index (Phi) is 5.44. The lowest BCUT2D eigenvalue weighted by molar-refractivity contribution is 0.0946. The quantitative estimate of drug-likeness (QED) is 0.726. The van der Waals surface area contributed by atoms with Crippen LogP contribution in [0.4, 0.5) is 5.69 Å². The van der Waals surface area contributed by atoms with Gasteiger partial charge in [-0.15, -0.1) is 0 Å². The molecule has 0 aliphatic carbocycles. The van der Waals surface area contributed by atoms with Gasteiger partial charge in [0.2, 0.25) is 0 Å². The third kappa shape index (κ3) is 4.36. The number of amides is 1. The van der Waals surface area contributed by atoms with Gasteiger partial charge in [0.1, 0.15) is 0 Å². The Morgan fingerprint density at radius 3 is 2.94 bits per heavy atom. The minimum atomic E-state index is -0.186. The van der Waals surface area contributed by atoms with E-state index in [2.05, 4.69) is 21.2 Å². The molecule has 0 saturated heterocycles. The summed E-state index contributed by atoms with van der Waals surface area (Å²) in [6.07, 6.45) is 0.675. The Labute approximate surface area is 109 Å². The smallest absolute Gasteiger partial charge is 0.253 e. The fourth-order valence-corrected chi connectivity index (χ4v) is 1.77. The lowest BCUT2D eigenvalue weighted by Gasteiger charge is -2.12. The highest BCUT2D eigenvalue weighted by atomic mass is 79.9. The van der Waals surface area contributed by atoms with Crippen LogP contribution < -0.4 is 11.1 Å². The Morgan fingerprint density at radius 2 is 2.29 bits per heavy atom. The van der Waals surface area contributed by atoms with Crippen LogP contribution in [0.1, 0.15) is 23.7 Å². The molecule has 1 amide bonds. The third-order valence-corrected chi connectivity index (χ3v) is 2.99. The zero-order valence-corrected chi connectivity index (χ0v) is 11.3. The van der Waals surface area contributed by atoms with Gasteiger partial charge in [0.15, 0.2) is 0 Å². The first-order valence-corrected chi connectivity index (χ1v) is 6.28. The monoisotopic (exact) mass is 300 g/mol. The maximum atomic E-state index is 11.9. The van der Waals surface area contributed by atoms with E-state index in [9.17, 15) is 4.79 Å². The zero-order chi connectivity index (χ0) is 12.8. The van der Waals surface area contributed by atoms with E-state index in [4.69, 9.17) is 10.8 Å². The number of aliphatic hydroxyl groups excluding tert-OH is 1. The number of benzene rings is 1. The molecule has 1 unspecified atom stereocenters. The molecule has 0 fully saturated rings. The van der Waals surface area contributed by atoms with Gasteiger partial charge in [-0.3, -0.25) is 4.79 Å². The predicted octanol–water partition coefficient (Wildman–Crippen LogP) is 1.78. The molecule has 0 radical (unpaired) electrons. The van der Waals surface area contributed by atoms with Crippen LogP contribution in [-0.2, 0) is 0 Å². The molecule has 0 bridgehead atoms. The summed E-state index contributed by atoms with van der Waals surface area (Å²) in [5.41, 5.74) is 6.66. The second kappa shape index (κ2) is 6.61. The van der Waals surface area contributed by atoms with Crippen molar-refractivity contribution in [1.82, 2.24) is 5.32 Å². The summed E-state index contributed by atoms with van der Waals surface area (Å²) in [7, 11) is 0. The van der Waals surface area contributed by atoms with E-state index in [1.54, 1.807) is 18.2 Å². The number of anilines is 1. The fraction of sp³-hybridized carbons (Fsp3) is 0.417. The molecule has 4 nitrogen and oxygen atoms in total. The normalized spacial score (nSPS) is 12.2. The molecule has 0 aliphatic heterocycles. The highest BCUT2D eigenvalue weighted by Crippen LogP contribution is 2.18. The standard InChI is InChI=1S/C12H17BrN2O2/c1-8(4-5-16)7-15-12(17)10-6-9(13)2-3-11(10)14/h2-3,6,8,16H,4-5,7,14H2,1H3,(H,15,17). The van der Waals surface area contributed by atoms with Crippen molar-refractivity contribution in [2.75, 3.05) is 18.9 Å². The molecule has 0 aliphatic rings. The lowest BCUT2D eigenvalue weighted by atomic mass is 10.1. The topological polar surface area (TPSA) is 75.3 Å². The average Bonchev–Trinajstić information content (AvgIpc) is 2.29. The second-order valence-electron chi connectivity index (χ2n) is 4.06. The van der Waals surface area contributed by atoms with Gasteiger partial charge < -0.3 is 16.2 Å². The van der Waals surface area contributed by atoms with Crippen molar-refractivity contribution < 1.29 is 9.90 Å². The molecule has 1 atom stereocenters. The number of nitrogens with one attached hydrogen (secondary N) is 1. The molecule has 5 heteroatoms. The average molecular weight is 301 g/mol. The van der Waals surface area contributed by atoms with Crippen molar-refractivity contribution in [3.8, 4) is 0 Å². The number of hydrogen-bond acceptors (Lipinski definition) is 3. The molecule has 1 rings (SSSR count). The van der Waals surface area contributed by atoms with Gasteiger partial charge in [0.05, 0.1) is 5.56 Å². The number of halogens is 1. The van der Waals surface area contributed by atoms with E-state index in [0.717, 1.165) is 4.47 Å². The minimum absolute atomic E-state index is 0.135. The molecule has 0 aromatic heterocycles. The molecule has 17 heavy (non-hydrogen) atoms. The number of nitrogen functional groups attached to an aromatic ring is 1. The Hall–Kier alpha value is -1.07. The van der Waals surface area contributed by atoms with Gasteiger partial charge in [-0.2, -0.15) is 0 Å². The van der Waals surface area contributed by atoms with Crippen molar-refractivity contribution >= 4 is 27.5 Å². The van der Waals surface area contributed by atoms with Gasteiger partial charge in [0.25, 0.3) is 5.91 Å². The van der Waals surface area contributed by atoms with Crippen molar-refractivity contribution in [2.24, 2.45) is 5.92 Å². The third-order valence-electron chi connectivity index (χ3n) is 2.49.